The van der Waals surface area contributed by atoms with Crippen molar-refractivity contribution in [2.45, 2.75) is 18.9 Å². The van der Waals surface area contributed by atoms with Gasteiger partial charge < -0.3 is 9.47 Å². The van der Waals surface area contributed by atoms with Crippen LogP contribution in [0.1, 0.15) is 22.5 Å². The summed E-state index contributed by atoms with van der Waals surface area (Å²) in [4.78, 5) is 12.5. The lowest BCUT2D eigenvalue weighted by Crippen LogP contribution is -2.17. The fraction of sp³-hybridized carbons (Fsp3) is 0.357. The minimum Gasteiger partial charge on any atom is -0.459 e. The Labute approximate surface area is 120 Å². The van der Waals surface area contributed by atoms with Gasteiger partial charge in [0, 0.05) is 12.2 Å². The molecule has 5 nitrogen and oxygen atoms in total. The van der Waals surface area contributed by atoms with E-state index in [4.69, 9.17) is 9.47 Å². The molecule has 0 N–H and O–H groups in total. The number of carbonyl (C=O) groups excluding carboxylic acids is 1. The summed E-state index contributed by atoms with van der Waals surface area (Å²) in [7, 11) is 0. The van der Waals surface area contributed by atoms with E-state index in [1.54, 1.807) is 0 Å². The Morgan fingerprint density at radius 3 is 3.00 bits per heavy atom. The number of aromatic nitrogens is 2. The number of esters is 1. The lowest BCUT2D eigenvalue weighted by atomic mass is 10.1. The molecule has 1 aliphatic heterocycles. The molecular weight excluding hydrogens is 276 g/mol. The first-order valence-electron chi connectivity index (χ1n) is 6.51. The predicted molar refractivity (Wildman–Crippen MR) is 74.6 cm³/mol. The maximum Gasteiger partial charge on any atom is 0.352 e. The molecule has 0 aliphatic carbocycles. The van der Waals surface area contributed by atoms with E-state index >= 15 is 0 Å². The van der Waals surface area contributed by atoms with Gasteiger partial charge in [-0.05, 0) is 24.4 Å². The summed E-state index contributed by atoms with van der Waals surface area (Å²) in [6.07, 6.45) is 2.00. The highest BCUT2D eigenvalue weighted by Gasteiger charge is 2.22. The standard InChI is InChI=1S/C14H14N2O3S/c17-14(19-9-11-7-4-8-18-11)13-12(15-16-20-13)10-5-2-1-3-6-10/h1-3,5-6,11H,4,7-9H2. The summed E-state index contributed by atoms with van der Waals surface area (Å²) < 4.78 is 14.6. The summed E-state index contributed by atoms with van der Waals surface area (Å²) in [6.45, 7) is 1.05. The normalized spacial score (nSPS) is 18.1. The van der Waals surface area contributed by atoms with Gasteiger partial charge in [0.2, 0.25) is 0 Å². The van der Waals surface area contributed by atoms with E-state index in [1.807, 2.05) is 30.3 Å². The first-order chi connectivity index (χ1) is 9.84. The lowest BCUT2D eigenvalue weighted by Gasteiger charge is -2.09. The molecule has 0 radical (unpaired) electrons. The molecule has 2 aromatic rings. The highest BCUT2D eigenvalue weighted by atomic mass is 32.1. The van der Waals surface area contributed by atoms with Crippen LogP contribution in [-0.4, -0.2) is 34.9 Å². The van der Waals surface area contributed by atoms with E-state index < -0.39 is 0 Å². The minimum absolute atomic E-state index is 0.0278. The summed E-state index contributed by atoms with van der Waals surface area (Å²) >= 11 is 1.06. The average molecular weight is 290 g/mol. The second kappa shape index (κ2) is 6.11. The molecule has 1 aromatic carbocycles. The van der Waals surface area contributed by atoms with E-state index in [9.17, 15) is 4.79 Å². The van der Waals surface area contributed by atoms with Gasteiger partial charge in [-0.15, -0.1) is 5.10 Å². The smallest absolute Gasteiger partial charge is 0.352 e. The number of nitrogens with zero attached hydrogens (tertiary/aromatic N) is 2. The van der Waals surface area contributed by atoms with Crippen molar-refractivity contribution in [2.75, 3.05) is 13.2 Å². The van der Waals surface area contributed by atoms with Gasteiger partial charge in [0.05, 0.1) is 6.10 Å². The first kappa shape index (κ1) is 13.2. The number of carbonyl (C=O) groups is 1. The fourth-order valence-electron chi connectivity index (χ4n) is 2.12. The first-order valence-corrected chi connectivity index (χ1v) is 7.28. The number of hydrogen-bond acceptors (Lipinski definition) is 6. The van der Waals surface area contributed by atoms with Crippen molar-refractivity contribution in [3.05, 3.63) is 35.2 Å². The van der Waals surface area contributed by atoms with Crippen LogP contribution in [0.15, 0.2) is 30.3 Å². The van der Waals surface area contributed by atoms with Gasteiger partial charge in [-0.25, -0.2) is 4.79 Å². The van der Waals surface area contributed by atoms with E-state index in [-0.39, 0.29) is 12.1 Å². The number of ether oxygens (including phenoxy) is 2. The summed E-state index contributed by atoms with van der Waals surface area (Å²) in [6, 6.07) is 9.51. The highest BCUT2D eigenvalue weighted by Crippen LogP contribution is 2.24. The van der Waals surface area contributed by atoms with Crippen LogP contribution in [0.2, 0.25) is 0 Å². The zero-order valence-electron chi connectivity index (χ0n) is 10.8. The van der Waals surface area contributed by atoms with Gasteiger partial charge >= 0.3 is 5.97 Å². The molecule has 0 saturated carbocycles. The van der Waals surface area contributed by atoms with Crippen molar-refractivity contribution in [2.24, 2.45) is 0 Å². The van der Waals surface area contributed by atoms with Crippen LogP contribution >= 0.6 is 11.5 Å². The topological polar surface area (TPSA) is 61.3 Å². The maximum absolute atomic E-state index is 12.1. The Bertz CT molecular complexity index is 579. The van der Waals surface area contributed by atoms with Crippen LogP contribution in [0, 0.1) is 0 Å². The third kappa shape index (κ3) is 2.86. The van der Waals surface area contributed by atoms with Gasteiger partial charge in [-0.2, -0.15) is 0 Å². The Morgan fingerprint density at radius 1 is 1.40 bits per heavy atom. The average Bonchev–Trinajstić information content (AvgIpc) is 3.17. The van der Waals surface area contributed by atoms with Crippen LogP contribution in [0.3, 0.4) is 0 Å². The monoisotopic (exact) mass is 290 g/mol. The predicted octanol–water partition coefficient (Wildman–Crippen LogP) is 2.54. The fourth-order valence-corrected chi connectivity index (χ4v) is 2.70. The summed E-state index contributed by atoms with van der Waals surface area (Å²) in [5.74, 6) is -0.380. The van der Waals surface area contributed by atoms with E-state index in [0.717, 1.165) is 36.5 Å². The molecular formula is C14H14N2O3S. The van der Waals surface area contributed by atoms with Crippen LogP contribution in [-0.2, 0) is 9.47 Å². The van der Waals surface area contributed by atoms with Crippen molar-refractivity contribution >= 4 is 17.5 Å². The second-order valence-corrected chi connectivity index (χ2v) is 5.30. The van der Waals surface area contributed by atoms with Gasteiger partial charge in [0.15, 0.2) is 4.88 Å². The molecule has 0 spiro atoms. The molecule has 0 amide bonds. The molecule has 1 unspecified atom stereocenters. The van der Waals surface area contributed by atoms with Crippen molar-refractivity contribution in [1.29, 1.82) is 0 Å². The van der Waals surface area contributed by atoms with Crippen molar-refractivity contribution in [1.82, 2.24) is 9.59 Å². The molecule has 1 aromatic heterocycles. The minimum atomic E-state index is -0.380. The molecule has 20 heavy (non-hydrogen) atoms. The van der Waals surface area contributed by atoms with Gasteiger partial charge in [-0.1, -0.05) is 34.8 Å². The third-order valence-electron chi connectivity index (χ3n) is 3.14. The molecule has 0 bridgehead atoms. The second-order valence-electron chi connectivity index (χ2n) is 4.55. The number of hydrogen-bond donors (Lipinski definition) is 0. The van der Waals surface area contributed by atoms with Gasteiger partial charge in [0.1, 0.15) is 12.3 Å². The Kier molecular flexibility index (Phi) is 4.03. The Morgan fingerprint density at radius 2 is 2.25 bits per heavy atom. The molecule has 1 aliphatic rings. The van der Waals surface area contributed by atoms with Crippen LogP contribution in [0.5, 0.6) is 0 Å². The number of rotatable bonds is 4. The third-order valence-corrected chi connectivity index (χ3v) is 3.85. The largest absolute Gasteiger partial charge is 0.459 e. The Balaban J connectivity index is 1.70. The van der Waals surface area contributed by atoms with Crippen molar-refractivity contribution in [3.8, 4) is 11.3 Å². The molecule has 1 fully saturated rings. The molecule has 1 atom stereocenters. The maximum atomic E-state index is 12.1. The number of benzene rings is 1. The SMILES string of the molecule is O=C(OCC1CCCO1)c1snnc1-c1ccccc1. The van der Waals surface area contributed by atoms with Crippen molar-refractivity contribution in [3.63, 3.8) is 0 Å². The van der Waals surface area contributed by atoms with E-state index in [0.29, 0.717) is 17.2 Å². The molecule has 1 saturated heterocycles. The van der Waals surface area contributed by atoms with Crippen molar-refractivity contribution < 1.29 is 14.3 Å². The van der Waals surface area contributed by atoms with E-state index in [1.165, 1.54) is 0 Å². The molecule has 104 valence electrons. The van der Waals surface area contributed by atoms with Crippen LogP contribution in [0.25, 0.3) is 11.3 Å². The molecule has 2 heterocycles. The molecule has 6 heteroatoms. The quantitative estimate of drug-likeness (QED) is 0.810. The lowest BCUT2D eigenvalue weighted by molar-refractivity contribution is 0.0166. The van der Waals surface area contributed by atoms with Crippen LogP contribution in [0.4, 0.5) is 0 Å². The Hall–Kier alpha value is -1.79. The highest BCUT2D eigenvalue weighted by molar-refractivity contribution is 7.08. The van der Waals surface area contributed by atoms with Gasteiger partial charge in [0.25, 0.3) is 0 Å². The van der Waals surface area contributed by atoms with Gasteiger partial charge in [-0.3, -0.25) is 0 Å². The zero-order valence-corrected chi connectivity index (χ0v) is 11.6. The zero-order chi connectivity index (χ0) is 13.8. The van der Waals surface area contributed by atoms with Crippen LogP contribution < -0.4 is 0 Å². The molecule has 3 rings (SSSR count). The summed E-state index contributed by atoms with van der Waals surface area (Å²) in [5, 5.41) is 4.02. The summed E-state index contributed by atoms with van der Waals surface area (Å²) in [5.41, 5.74) is 1.44. The van der Waals surface area contributed by atoms with E-state index in [2.05, 4.69) is 9.59 Å².